The molecule has 1 nitrogen and oxygen atoms in total. The van der Waals surface area contributed by atoms with Crippen LogP contribution in [0.4, 0.5) is 0 Å². The Labute approximate surface area is 194 Å². The van der Waals surface area contributed by atoms with Crippen LogP contribution < -0.4 is 6.15 Å². The van der Waals surface area contributed by atoms with Crippen molar-refractivity contribution in [2.45, 2.75) is 156 Å². The van der Waals surface area contributed by atoms with Gasteiger partial charge in [0.25, 0.3) is 0 Å². The zero-order chi connectivity index (χ0) is 21.5. The van der Waals surface area contributed by atoms with Crippen LogP contribution in [-0.4, -0.2) is 24.6 Å². The molecule has 0 aliphatic carbocycles. The normalized spacial score (nSPS) is 11.6. The van der Waals surface area contributed by atoms with Crippen molar-refractivity contribution in [3.05, 3.63) is 0 Å². The van der Waals surface area contributed by atoms with E-state index in [0.717, 1.165) is 0 Å². The van der Waals surface area contributed by atoms with Crippen molar-refractivity contribution in [1.82, 2.24) is 6.15 Å². The summed E-state index contributed by atoms with van der Waals surface area (Å²) in [7, 11) is -0.630. The highest BCUT2D eigenvalue weighted by atomic mass is 31.2. The molecule has 0 aromatic carbocycles. The van der Waals surface area contributed by atoms with E-state index in [4.69, 9.17) is 0 Å². The van der Waals surface area contributed by atoms with Crippen molar-refractivity contribution < 1.29 is 0 Å². The third kappa shape index (κ3) is 20.3. The molecule has 0 saturated heterocycles. The highest BCUT2D eigenvalue weighted by Gasteiger charge is 2.34. The lowest BCUT2D eigenvalue weighted by Gasteiger charge is -2.28. The molecule has 0 aliphatic rings. The van der Waals surface area contributed by atoms with Gasteiger partial charge in [0.1, 0.15) is 0 Å². The van der Waals surface area contributed by atoms with Crippen molar-refractivity contribution in [3.8, 4) is 0 Å². The SMILES string of the molecule is CCCCCCCCCCCCCCCC[P+](CCCC)(CCCC)CCCC.N. The average Bonchev–Trinajstić information content (AvgIpc) is 2.74. The molecule has 0 heterocycles. The Hall–Kier alpha value is 0.390. The molecular formula is C28H63NP+. The summed E-state index contributed by atoms with van der Waals surface area (Å²) in [5.74, 6) is 0. The number of hydrogen-bond donors (Lipinski definition) is 1. The Balaban J connectivity index is 0. The maximum absolute atomic E-state index is 2.39. The van der Waals surface area contributed by atoms with Gasteiger partial charge >= 0.3 is 0 Å². The summed E-state index contributed by atoms with van der Waals surface area (Å²) in [5.41, 5.74) is 0. The topological polar surface area (TPSA) is 35.0 Å². The highest BCUT2D eigenvalue weighted by Crippen LogP contribution is 2.61. The van der Waals surface area contributed by atoms with Gasteiger partial charge in [-0.15, -0.1) is 0 Å². The summed E-state index contributed by atoms with van der Waals surface area (Å²) in [4.78, 5) is 0. The lowest BCUT2D eigenvalue weighted by atomic mass is 10.0. The Morgan fingerprint density at radius 3 is 0.833 bits per heavy atom. The molecule has 0 amide bonds. The van der Waals surface area contributed by atoms with Crippen LogP contribution in [0.15, 0.2) is 0 Å². The van der Waals surface area contributed by atoms with Gasteiger partial charge < -0.3 is 6.15 Å². The van der Waals surface area contributed by atoms with Gasteiger partial charge in [0.2, 0.25) is 0 Å². The lowest BCUT2D eigenvalue weighted by molar-refractivity contribution is 0.538. The van der Waals surface area contributed by atoms with Crippen LogP contribution in [0.3, 0.4) is 0 Å². The Morgan fingerprint density at radius 1 is 0.300 bits per heavy atom. The molecule has 0 aromatic rings. The van der Waals surface area contributed by atoms with Gasteiger partial charge in [0.15, 0.2) is 0 Å². The van der Waals surface area contributed by atoms with Crippen molar-refractivity contribution in [1.29, 1.82) is 0 Å². The van der Waals surface area contributed by atoms with E-state index in [9.17, 15) is 0 Å². The molecule has 0 bridgehead atoms. The third-order valence-electron chi connectivity index (χ3n) is 6.94. The van der Waals surface area contributed by atoms with Crippen LogP contribution in [0.5, 0.6) is 0 Å². The molecule has 184 valence electrons. The zero-order valence-corrected chi connectivity index (χ0v) is 23.0. The molecule has 0 unspecified atom stereocenters. The first kappa shape index (κ1) is 32.6. The van der Waals surface area contributed by atoms with Crippen molar-refractivity contribution >= 4 is 7.26 Å². The molecule has 0 fully saturated rings. The summed E-state index contributed by atoms with van der Waals surface area (Å²) in [6.45, 7) is 9.48. The minimum absolute atomic E-state index is 0. The van der Waals surface area contributed by atoms with E-state index in [0.29, 0.717) is 0 Å². The van der Waals surface area contributed by atoms with Crippen LogP contribution in [0, 0.1) is 0 Å². The quantitative estimate of drug-likeness (QED) is 0.116. The van der Waals surface area contributed by atoms with E-state index in [2.05, 4.69) is 27.7 Å². The predicted octanol–water partition coefficient (Wildman–Crippen LogP) is 11.0. The van der Waals surface area contributed by atoms with E-state index in [1.165, 1.54) is 122 Å². The Kier molecular flexibility index (Phi) is 27.8. The minimum Gasteiger partial charge on any atom is -0.344 e. The first-order valence-electron chi connectivity index (χ1n) is 14.1. The first-order chi connectivity index (χ1) is 14.2. The van der Waals surface area contributed by atoms with E-state index < -0.39 is 7.26 Å². The van der Waals surface area contributed by atoms with Gasteiger partial charge in [0.05, 0.1) is 24.6 Å². The van der Waals surface area contributed by atoms with E-state index in [1.807, 2.05) is 0 Å². The van der Waals surface area contributed by atoms with Crippen LogP contribution in [0.2, 0.25) is 0 Å². The summed E-state index contributed by atoms with van der Waals surface area (Å²) in [6.07, 6.45) is 36.0. The Bertz CT molecular complexity index is 283. The molecule has 3 N–H and O–H groups in total. The summed E-state index contributed by atoms with van der Waals surface area (Å²) in [5, 5.41) is 0. The Morgan fingerprint density at radius 2 is 0.533 bits per heavy atom. The van der Waals surface area contributed by atoms with Crippen molar-refractivity contribution in [3.63, 3.8) is 0 Å². The zero-order valence-electron chi connectivity index (χ0n) is 22.1. The second-order valence-corrected chi connectivity index (χ2v) is 14.4. The molecule has 0 aliphatic heterocycles. The largest absolute Gasteiger partial charge is 0.344 e. The standard InChI is InChI=1S/C28H60P.H3N/c1-5-9-13-14-15-16-17-18-19-20-21-22-23-24-28-29(25-10-6-2,26-11-7-3)27-12-8-4;/h5-28H2,1-4H3;1H3/q+1;. The summed E-state index contributed by atoms with van der Waals surface area (Å²) >= 11 is 0. The van der Waals surface area contributed by atoms with Gasteiger partial charge in [-0.1, -0.05) is 124 Å². The second kappa shape index (κ2) is 25.6. The summed E-state index contributed by atoms with van der Waals surface area (Å²) < 4.78 is 0. The van der Waals surface area contributed by atoms with Crippen molar-refractivity contribution in [2.24, 2.45) is 0 Å². The first-order valence-corrected chi connectivity index (χ1v) is 16.6. The molecule has 0 aromatic heterocycles. The fourth-order valence-electron chi connectivity index (χ4n) is 4.79. The molecule has 0 saturated carbocycles. The lowest BCUT2D eigenvalue weighted by Crippen LogP contribution is -2.13. The molecule has 30 heavy (non-hydrogen) atoms. The van der Waals surface area contributed by atoms with Crippen LogP contribution in [0.25, 0.3) is 0 Å². The third-order valence-corrected chi connectivity index (χ3v) is 12.0. The average molecular weight is 445 g/mol. The van der Waals surface area contributed by atoms with Gasteiger partial charge in [-0.3, -0.25) is 0 Å². The molecule has 0 rings (SSSR count). The fraction of sp³-hybridized carbons (Fsp3) is 1.00. The maximum atomic E-state index is 2.39. The predicted molar refractivity (Wildman–Crippen MR) is 146 cm³/mol. The van der Waals surface area contributed by atoms with Gasteiger partial charge in [-0.05, 0) is 32.1 Å². The summed E-state index contributed by atoms with van der Waals surface area (Å²) in [6, 6.07) is 0. The van der Waals surface area contributed by atoms with E-state index in [-0.39, 0.29) is 6.15 Å². The molecule has 0 radical (unpaired) electrons. The van der Waals surface area contributed by atoms with Crippen molar-refractivity contribution in [2.75, 3.05) is 24.6 Å². The molecule has 2 heteroatoms. The smallest absolute Gasteiger partial charge is 0.0594 e. The van der Waals surface area contributed by atoms with Crippen LogP contribution in [-0.2, 0) is 0 Å². The van der Waals surface area contributed by atoms with Gasteiger partial charge in [-0.25, -0.2) is 0 Å². The number of rotatable bonds is 24. The van der Waals surface area contributed by atoms with Crippen LogP contribution in [0.1, 0.15) is 156 Å². The molecule has 0 atom stereocenters. The van der Waals surface area contributed by atoms with Crippen LogP contribution >= 0.6 is 7.26 Å². The molecular weight excluding hydrogens is 381 g/mol. The minimum atomic E-state index is -0.630. The van der Waals surface area contributed by atoms with Gasteiger partial charge in [0, 0.05) is 7.26 Å². The van der Waals surface area contributed by atoms with E-state index in [1.54, 1.807) is 31.1 Å². The molecule has 0 spiro atoms. The monoisotopic (exact) mass is 444 g/mol. The van der Waals surface area contributed by atoms with E-state index >= 15 is 0 Å². The second-order valence-electron chi connectivity index (χ2n) is 9.89. The number of unbranched alkanes of at least 4 members (excludes halogenated alkanes) is 16. The van der Waals surface area contributed by atoms with Gasteiger partial charge in [-0.2, -0.15) is 0 Å². The maximum Gasteiger partial charge on any atom is 0.0594 e. The number of hydrogen-bond acceptors (Lipinski definition) is 1. The fourth-order valence-corrected chi connectivity index (χ4v) is 9.99. The highest BCUT2D eigenvalue weighted by molar-refractivity contribution is 7.75.